The van der Waals surface area contributed by atoms with E-state index >= 15 is 0 Å². The Labute approximate surface area is 132 Å². The molecule has 3 heteroatoms. The first-order chi connectivity index (χ1) is 10.1. The van der Waals surface area contributed by atoms with Crippen LogP contribution in [0.15, 0.2) is 0 Å². The summed E-state index contributed by atoms with van der Waals surface area (Å²) in [4.78, 5) is 0. The van der Waals surface area contributed by atoms with E-state index < -0.39 is 6.10 Å². The highest BCUT2D eigenvalue weighted by atomic mass is 16.5. The molecule has 0 spiro atoms. The van der Waals surface area contributed by atoms with Crippen molar-refractivity contribution in [2.75, 3.05) is 19.8 Å². The van der Waals surface area contributed by atoms with E-state index in [-0.39, 0.29) is 5.54 Å². The Morgan fingerprint density at radius 2 is 1.62 bits per heavy atom. The predicted molar refractivity (Wildman–Crippen MR) is 91.7 cm³/mol. The Bertz CT molecular complexity index is 221. The fourth-order valence-electron chi connectivity index (χ4n) is 2.79. The van der Waals surface area contributed by atoms with Gasteiger partial charge in [-0.05, 0) is 31.6 Å². The average Bonchev–Trinajstić information content (AvgIpc) is 2.52. The van der Waals surface area contributed by atoms with E-state index in [1.807, 2.05) is 0 Å². The van der Waals surface area contributed by atoms with Gasteiger partial charge in [-0.1, -0.05) is 53.9 Å². The number of ether oxygens (including phenoxy) is 1. The van der Waals surface area contributed by atoms with Crippen LogP contribution < -0.4 is 5.32 Å². The summed E-state index contributed by atoms with van der Waals surface area (Å²) in [6.45, 7) is 12.9. The Morgan fingerprint density at radius 3 is 2.10 bits per heavy atom. The minimum atomic E-state index is -0.405. The molecule has 0 aliphatic heterocycles. The van der Waals surface area contributed by atoms with Crippen LogP contribution in [0.3, 0.4) is 0 Å². The second-order valence-corrected chi connectivity index (χ2v) is 6.33. The van der Waals surface area contributed by atoms with Crippen LogP contribution in [-0.4, -0.2) is 36.5 Å². The summed E-state index contributed by atoms with van der Waals surface area (Å²) in [5.74, 6) is 0.645. The van der Waals surface area contributed by atoms with Crippen molar-refractivity contribution in [1.29, 1.82) is 0 Å². The van der Waals surface area contributed by atoms with Crippen LogP contribution in [-0.2, 0) is 4.74 Å². The van der Waals surface area contributed by atoms with Crippen molar-refractivity contribution in [3.63, 3.8) is 0 Å². The van der Waals surface area contributed by atoms with Gasteiger partial charge in [0, 0.05) is 18.7 Å². The Kier molecular flexibility index (Phi) is 12.4. The zero-order valence-electron chi connectivity index (χ0n) is 15.1. The highest BCUT2D eigenvalue weighted by molar-refractivity contribution is 4.84. The van der Waals surface area contributed by atoms with E-state index in [1.165, 1.54) is 25.7 Å². The molecular weight excluding hydrogens is 262 g/mol. The molecule has 2 atom stereocenters. The maximum Gasteiger partial charge on any atom is 0.0897 e. The molecule has 0 heterocycles. The number of rotatable bonds is 14. The smallest absolute Gasteiger partial charge is 0.0897 e. The molecule has 0 aromatic rings. The van der Waals surface area contributed by atoms with E-state index in [9.17, 15) is 5.11 Å². The monoisotopic (exact) mass is 301 g/mol. The van der Waals surface area contributed by atoms with Crippen molar-refractivity contribution in [1.82, 2.24) is 5.32 Å². The van der Waals surface area contributed by atoms with Gasteiger partial charge in [0.1, 0.15) is 0 Å². The standard InChI is InChI=1S/C18H39NO2/c1-6-11-12-16(7-2)14-21-15-17(20)13-19-18(8-3,9-4)10-5/h16-17,19-20H,6-15H2,1-5H3. The molecular formula is C18H39NO2. The van der Waals surface area contributed by atoms with Crippen molar-refractivity contribution < 1.29 is 9.84 Å². The average molecular weight is 302 g/mol. The third-order valence-electron chi connectivity index (χ3n) is 4.95. The first kappa shape index (κ1) is 20.9. The van der Waals surface area contributed by atoms with Gasteiger partial charge in [-0.25, -0.2) is 0 Å². The SMILES string of the molecule is CCCCC(CC)COCC(O)CNC(CC)(CC)CC. The third kappa shape index (κ3) is 8.80. The van der Waals surface area contributed by atoms with Gasteiger partial charge < -0.3 is 15.2 Å². The van der Waals surface area contributed by atoms with Crippen molar-refractivity contribution in [2.24, 2.45) is 5.92 Å². The highest BCUT2D eigenvalue weighted by Crippen LogP contribution is 2.19. The van der Waals surface area contributed by atoms with E-state index in [1.54, 1.807) is 0 Å². The van der Waals surface area contributed by atoms with Gasteiger partial charge in [-0.15, -0.1) is 0 Å². The number of aliphatic hydroxyl groups excluding tert-OH is 1. The van der Waals surface area contributed by atoms with Crippen molar-refractivity contribution in [3.8, 4) is 0 Å². The number of nitrogens with one attached hydrogen (secondary N) is 1. The summed E-state index contributed by atoms with van der Waals surface area (Å²) >= 11 is 0. The van der Waals surface area contributed by atoms with Crippen LogP contribution in [0.2, 0.25) is 0 Å². The molecule has 128 valence electrons. The summed E-state index contributed by atoms with van der Waals surface area (Å²) in [5.41, 5.74) is 0.175. The Hall–Kier alpha value is -0.120. The summed E-state index contributed by atoms with van der Waals surface area (Å²) in [6, 6.07) is 0. The van der Waals surface area contributed by atoms with E-state index in [0.717, 1.165) is 25.9 Å². The van der Waals surface area contributed by atoms with Gasteiger partial charge in [-0.3, -0.25) is 0 Å². The zero-order valence-corrected chi connectivity index (χ0v) is 15.1. The van der Waals surface area contributed by atoms with Crippen LogP contribution in [0.1, 0.15) is 79.6 Å². The topological polar surface area (TPSA) is 41.5 Å². The Balaban J connectivity index is 3.91. The van der Waals surface area contributed by atoms with Crippen LogP contribution in [0.25, 0.3) is 0 Å². The van der Waals surface area contributed by atoms with Gasteiger partial charge in [0.25, 0.3) is 0 Å². The fraction of sp³-hybridized carbons (Fsp3) is 1.00. The summed E-state index contributed by atoms with van der Waals surface area (Å²) in [7, 11) is 0. The van der Waals surface area contributed by atoms with Gasteiger partial charge in [0.15, 0.2) is 0 Å². The minimum absolute atomic E-state index is 0.175. The van der Waals surface area contributed by atoms with Crippen LogP contribution >= 0.6 is 0 Å². The molecule has 0 aliphatic rings. The molecule has 2 unspecified atom stereocenters. The van der Waals surface area contributed by atoms with Crippen LogP contribution in [0, 0.1) is 5.92 Å². The van der Waals surface area contributed by atoms with E-state index in [4.69, 9.17) is 4.74 Å². The quantitative estimate of drug-likeness (QED) is 0.507. The van der Waals surface area contributed by atoms with Crippen LogP contribution in [0.4, 0.5) is 0 Å². The second-order valence-electron chi connectivity index (χ2n) is 6.33. The lowest BCUT2D eigenvalue weighted by molar-refractivity contribution is 0.0153. The molecule has 0 amide bonds. The maximum absolute atomic E-state index is 10.1. The highest BCUT2D eigenvalue weighted by Gasteiger charge is 2.23. The summed E-state index contributed by atoms with van der Waals surface area (Å²) in [5, 5.41) is 13.6. The number of β-amino-alcohol motifs (C(OH)–C–C–N with tert-alkyl or cyclic N) is 1. The number of hydrogen-bond acceptors (Lipinski definition) is 3. The molecule has 0 saturated heterocycles. The van der Waals surface area contributed by atoms with Gasteiger partial charge in [-0.2, -0.15) is 0 Å². The van der Waals surface area contributed by atoms with Crippen molar-refractivity contribution in [3.05, 3.63) is 0 Å². The minimum Gasteiger partial charge on any atom is -0.389 e. The lowest BCUT2D eigenvalue weighted by atomic mass is 9.89. The molecule has 0 rings (SSSR count). The van der Waals surface area contributed by atoms with E-state index in [0.29, 0.717) is 19.1 Å². The third-order valence-corrected chi connectivity index (χ3v) is 4.95. The molecule has 0 aromatic heterocycles. The first-order valence-corrected chi connectivity index (χ1v) is 9.08. The second kappa shape index (κ2) is 12.4. The largest absolute Gasteiger partial charge is 0.389 e. The van der Waals surface area contributed by atoms with Gasteiger partial charge in [0.2, 0.25) is 0 Å². The predicted octanol–water partition coefficient (Wildman–Crippen LogP) is 4.14. The zero-order chi connectivity index (χ0) is 16.1. The van der Waals surface area contributed by atoms with E-state index in [2.05, 4.69) is 39.9 Å². The molecule has 3 nitrogen and oxygen atoms in total. The Morgan fingerprint density at radius 1 is 1.00 bits per heavy atom. The fourth-order valence-corrected chi connectivity index (χ4v) is 2.79. The van der Waals surface area contributed by atoms with Crippen LogP contribution in [0.5, 0.6) is 0 Å². The lowest BCUT2D eigenvalue weighted by Gasteiger charge is -2.33. The number of unbranched alkanes of at least 4 members (excludes halogenated alkanes) is 1. The molecule has 0 aromatic carbocycles. The molecule has 21 heavy (non-hydrogen) atoms. The maximum atomic E-state index is 10.1. The van der Waals surface area contributed by atoms with Crippen molar-refractivity contribution in [2.45, 2.75) is 91.2 Å². The van der Waals surface area contributed by atoms with Gasteiger partial charge in [0.05, 0.1) is 12.7 Å². The summed E-state index contributed by atoms with van der Waals surface area (Å²) < 4.78 is 5.72. The molecule has 2 N–H and O–H groups in total. The molecule has 0 saturated carbocycles. The lowest BCUT2D eigenvalue weighted by Crippen LogP contribution is -2.47. The molecule has 0 fully saturated rings. The number of hydrogen-bond donors (Lipinski definition) is 2. The molecule has 0 aliphatic carbocycles. The summed E-state index contributed by atoms with van der Waals surface area (Å²) in [6.07, 6.45) is 7.82. The first-order valence-electron chi connectivity index (χ1n) is 9.08. The number of aliphatic hydroxyl groups is 1. The normalized spacial score (nSPS) is 15.1. The van der Waals surface area contributed by atoms with Gasteiger partial charge >= 0.3 is 0 Å². The molecule has 0 radical (unpaired) electrons. The molecule has 0 bridgehead atoms. The van der Waals surface area contributed by atoms with Crippen molar-refractivity contribution >= 4 is 0 Å².